The van der Waals surface area contributed by atoms with Crippen LogP contribution in [0.2, 0.25) is 0 Å². The summed E-state index contributed by atoms with van der Waals surface area (Å²) in [4.78, 5) is 53.4. The van der Waals surface area contributed by atoms with E-state index in [1.807, 2.05) is 20.8 Å². The number of nitrogens with zero attached hydrogens (tertiary/aromatic N) is 7. The van der Waals surface area contributed by atoms with Gasteiger partial charge in [-0.15, -0.1) is 0 Å². The topological polar surface area (TPSA) is 375 Å². The third-order valence-electron chi connectivity index (χ3n) is 8.39. The van der Waals surface area contributed by atoms with Crippen molar-refractivity contribution in [1.82, 2.24) is 34.4 Å². The summed E-state index contributed by atoms with van der Waals surface area (Å²) >= 11 is 0. The van der Waals surface area contributed by atoms with Gasteiger partial charge >= 0.3 is 40.2 Å². The van der Waals surface area contributed by atoms with Gasteiger partial charge in [0.05, 0.1) is 68.0 Å². The van der Waals surface area contributed by atoms with Crippen molar-refractivity contribution in [2.45, 2.75) is 198 Å². The van der Waals surface area contributed by atoms with E-state index >= 15 is 0 Å². The van der Waals surface area contributed by atoms with Gasteiger partial charge in [0.25, 0.3) is 0 Å². The highest BCUT2D eigenvalue weighted by molar-refractivity contribution is 7.54. The Labute approximate surface area is 424 Å². The van der Waals surface area contributed by atoms with Crippen LogP contribution in [0.4, 0.5) is 16.7 Å². The van der Waals surface area contributed by atoms with E-state index in [1.54, 1.807) is 90.0 Å². The van der Waals surface area contributed by atoms with Gasteiger partial charge in [-0.3, -0.25) is 22.8 Å². The number of urea groups is 1. The second kappa shape index (κ2) is 34.0. The number of hydrogen-bond donors (Lipinski definition) is 5. The number of anilines is 2. The van der Waals surface area contributed by atoms with Crippen LogP contribution in [0.1, 0.15) is 129 Å². The van der Waals surface area contributed by atoms with E-state index in [-0.39, 0.29) is 111 Å². The van der Waals surface area contributed by atoms with Crippen LogP contribution in [0.5, 0.6) is 0 Å². The largest absolute Gasteiger partial charge is 0.370 e. The molecule has 27 nitrogen and oxygen atoms in total. The molecule has 2 aromatic heterocycles. The molecule has 0 unspecified atom stereocenters. The average Bonchev–Trinajstić information content (AvgIpc) is 3.21. The first kappa shape index (κ1) is 68.3. The summed E-state index contributed by atoms with van der Waals surface area (Å²) in [6, 6.07) is -0.660. The Kier molecular flexibility index (Phi) is 32.2. The molecular weight excluding hydrogens is 1010 g/mol. The number of nitrogens with one attached hydrogen (secondary N) is 1. The molecule has 2 rings (SSSR count). The Hall–Kier alpha value is -3.71. The van der Waals surface area contributed by atoms with Gasteiger partial charge in [-0.05, 0) is 109 Å². The summed E-state index contributed by atoms with van der Waals surface area (Å²) in [6.07, 6.45) is -0.139. The van der Waals surface area contributed by atoms with Crippen molar-refractivity contribution in [3.63, 3.8) is 0 Å². The molecule has 0 bridgehead atoms. The van der Waals surface area contributed by atoms with Gasteiger partial charge in [-0.2, -0.15) is 15.0 Å². The summed E-state index contributed by atoms with van der Waals surface area (Å²) in [6.45, 7) is 29.3. The molecule has 2 heterocycles. The SMILES string of the molecule is CC[C@H](CNC(=O)N=C(N)N)OCP(=O)(OC(C)C)OC(C)C.CC[C@H](Cn1c(C)nc(N)nc1=O)OCP(=O)(OC(C)C)OC(C)C.CC[C@H](Cn1cnc(N)nc1=O)OCP(=O)(OC(C)C)OC(C)C. The molecule has 0 spiro atoms. The fourth-order valence-corrected chi connectivity index (χ4v) is 11.3. The van der Waals surface area contributed by atoms with E-state index in [1.165, 1.54) is 15.5 Å². The number of guanidine groups is 1. The van der Waals surface area contributed by atoms with Crippen LogP contribution in [-0.2, 0) is 68.1 Å². The predicted octanol–water partition coefficient (Wildman–Crippen LogP) is 6.11. The lowest BCUT2D eigenvalue weighted by molar-refractivity contribution is 0.0412. The highest BCUT2D eigenvalue weighted by atomic mass is 31.2. The molecule has 3 atom stereocenters. The van der Waals surface area contributed by atoms with Crippen LogP contribution in [0, 0.1) is 6.92 Å². The molecule has 72 heavy (non-hydrogen) atoms. The Bertz CT molecular complexity index is 2150. The summed E-state index contributed by atoms with van der Waals surface area (Å²) < 4.78 is 90.4. The minimum atomic E-state index is -3.40. The summed E-state index contributed by atoms with van der Waals surface area (Å²) in [7, 11) is -10.2. The molecule has 0 radical (unpaired) electrons. The van der Waals surface area contributed by atoms with Crippen LogP contribution >= 0.6 is 22.8 Å². The minimum Gasteiger partial charge on any atom is -0.370 e. The summed E-state index contributed by atoms with van der Waals surface area (Å²) in [5, 5.41) is 2.50. The molecule has 0 aliphatic carbocycles. The van der Waals surface area contributed by atoms with Gasteiger partial charge in [0.2, 0.25) is 11.9 Å². The fraction of sp³-hybridized carbons (Fsp3) is 0.810. The number of aliphatic imine (C=N–C) groups is 1. The smallest absolute Gasteiger partial charge is 0.356 e. The number of aromatic nitrogens is 6. The first-order valence-corrected chi connectivity index (χ1v) is 29.0. The molecule has 30 heteroatoms. The summed E-state index contributed by atoms with van der Waals surface area (Å²) in [5.41, 5.74) is 20.0. The maximum Gasteiger partial charge on any atom is 0.356 e. The van der Waals surface area contributed by atoms with Gasteiger partial charge in [-0.25, -0.2) is 24.4 Å². The van der Waals surface area contributed by atoms with E-state index in [2.05, 4.69) is 30.2 Å². The van der Waals surface area contributed by atoms with E-state index in [0.29, 0.717) is 25.1 Å². The van der Waals surface area contributed by atoms with Gasteiger partial charge in [0, 0.05) is 6.54 Å². The monoisotopic (exact) mass is 1090 g/mol. The average molecular weight is 1090 g/mol. The molecule has 0 aliphatic heterocycles. The standard InChI is InChI=1S/C15H29N4O5P.C14H27N4O5P.C13H29N4O5P/c1-7-13(8-19-12(6)17-14(16)18-15(19)20)22-9-25(21,23-10(2)3)24-11(4)5;1-6-12(7-18-8-16-13(15)17-14(18)19)21-9-24(20,22-10(2)3)23-11(4)5;1-6-11(7-16-13(18)17-12(14)15)20-8-23(19,21-9(2)3)22-10(4)5/h10-11,13H,7-9H2,1-6H3,(H2,16,18,20);8,10-12H,6-7,9H2,1-5H3,(H2,15,17,19);9-11H,6-8H2,1-5H3,(H5,14,15,16,17,18)/t13-;12-;11-/m111/s1. The predicted molar refractivity (Wildman–Crippen MR) is 276 cm³/mol. The lowest BCUT2D eigenvalue weighted by atomic mass is 10.3. The third-order valence-corrected chi connectivity index (χ3v) is 14.2. The first-order valence-electron chi connectivity index (χ1n) is 23.8. The van der Waals surface area contributed by atoms with Gasteiger partial charge in [-0.1, -0.05) is 20.8 Å². The Morgan fingerprint density at radius 1 is 0.597 bits per heavy atom. The highest BCUT2D eigenvalue weighted by Gasteiger charge is 2.32. The van der Waals surface area contributed by atoms with Crippen LogP contribution in [0.15, 0.2) is 20.9 Å². The highest BCUT2D eigenvalue weighted by Crippen LogP contribution is 2.52. The number of hydrogen-bond acceptors (Lipinski definition) is 21. The molecule has 0 saturated heterocycles. The molecule has 9 N–H and O–H groups in total. The van der Waals surface area contributed by atoms with Crippen LogP contribution in [0.3, 0.4) is 0 Å². The maximum atomic E-state index is 12.8. The number of carbonyl (C=O) groups excluding carboxylic acids is 1. The number of carbonyl (C=O) groups is 1. The quantitative estimate of drug-likeness (QED) is 0.0335. The molecule has 0 aliphatic rings. The number of ether oxygens (including phenoxy) is 3. The van der Waals surface area contributed by atoms with Gasteiger partial charge in [0.1, 0.15) is 31.2 Å². The zero-order valence-corrected chi connectivity index (χ0v) is 47.7. The molecule has 0 saturated carbocycles. The third kappa shape index (κ3) is 30.5. The van der Waals surface area contributed by atoms with Crippen molar-refractivity contribution >= 4 is 46.7 Å². The summed E-state index contributed by atoms with van der Waals surface area (Å²) in [5.74, 6) is -0.0190. The molecule has 0 aromatic carbocycles. The van der Waals surface area contributed by atoms with Crippen LogP contribution in [-0.4, -0.2) is 122 Å². The van der Waals surface area contributed by atoms with Crippen LogP contribution in [0.25, 0.3) is 0 Å². The lowest BCUT2D eigenvalue weighted by Crippen LogP contribution is -2.34. The Morgan fingerprint density at radius 3 is 1.29 bits per heavy atom. The van der Waals surface area contributed by atoms with Crippen molar-refractivity contribution in [3.8, 4) is 0 Å². The Morgan fingerprint density at radius 2 is 0.958 bits per heavy atom. The maximum absolute atomic E-state index is 12.8. The number of nitrogen functional groups attached to an aromatic ring is 2. The van der Waals surface area contributed by atoms with Crippen molar-refractivity contribution in [3.05, 3.63) is 33.1 Å². The number of aryl methyl sites for hydroxylation is 1. The number of nitrogens with two attached hydrogens (primary N) is 4. The molecule has 418 valence electrons. The van der Waals surface area contributed by atoms with Gasteiger partial charge in [0.15, 0.2) is 5.96 Å². The fourth-order valence-electron chi connectivity index (χ4n) is 5.73. The van der Waals surface area contributed by atoms with Crippen molar-refractivity contribution in [2.24, 2.45) is 16.5 Å². The van der Waals surface area contributed by atoms with E-state index < -0.39 is 40.2 Å². The molecule has 0 fully saturated rings. The zero-order chi connectivity index (χ0) is 55.6. The molecule has 2 amide bonds. The number of amides is 2. The molecule has 2 aromatic rings. The van der Waals surface area contributed by atoms with E-state index in [0.717, 1.165) is 0 Å². The lowest BCUT2D eigenvalue weighted by Gasteiger charge is -2.25. The second-order valence-corrected chi connectivity index (χ2v) is 23.3. The molecular formula is C42H85N12O15P3. The van der Waals surface area contributed by atoms with E-state index in [4.69, 9.17) is 64.3 Å². The Balaban J connectivity index is 0.00000105. The first-order chi connectivity index (χ1) is 33.3. The number of rotatable bonds is 30. The van der Waals surface area contributed by atoms with Crippen molar-refractivity contribution < 1.29 is 59.8 Å². The normalized spacial score (nSPS) is 13.5. The second-order valence-electron chi connectivity index (χ2n) is 17.6. The van der Waals surface area contributed by atoms with Gasteiger partial charge < -0.3 is 69.6 Å². The van der Waals surface area contributed by atoms with Crippen LogP contribution < -0.4 is 39.6 Å². The zero-order valence-electron chi connectivity index (χ0n) is 45.0. The van der Waals surface area contributed by atoms with Crippen molar-refractivity contribution in [2.75, 3.05) is 37.1 Å². The minimum absolute atomic E-state index is 0.0621. The van der Waals surface area contributed by atoms with E-state index in [9.17, 15) is 28.1 Å². The van der Waals surface area contributed by atoms with Crippen molar-refractivity contribution in [1.29, 1.82) is 0 Å².